The minimum Gasteiger partial charge on any atom is -0.489 e. The third-order valence-electron chi connectivity index (χ3n) is 2.95. The molecule has 0 heterocycles. The highest BCUT2D eigenvalue weighted by molar-refractivity contribution is 5.92. The lowest BCUT2D eigenvalue weighted by atomic mass is 10.1. The number of nitrogens with two attached hydrogens (primary N) is 1. The largest absolute Gasteiger partial charge is 0.489 e. The van der Waals surface area contributed by atoms with Crippen molar-refractivity contribution in [2.24, 2.45) is 5.73 Å². The number of ether oxygens (including phenoxy) is 2. The van der Waals surface area contributed by atoms with Crippen molar-refractivity contribution < 1.29 is 27.4 Å². The Morgan fingerprint density at radius 1 is 1.33 bits per heavy atom. The number of hydrogen-bond acceptors (Lipinski definition) is 4. The highest BCUT2D eigenvalue weighted by Gasteiger charge is 2.31. The van der Waals surface area contributed by atoms with E-state index in [9.17, 15) is 18.0 Å². The highest BCUT2D eigenvalue weighted by Crippen LogP contribution is 2.35. The average Bonchev–Trinajstić information content (AvgIpc) is 2.45. The first kappa shape index (κ1) is 22.5. The van der Waals surface area contributed by atoms with Crippen LogP contribution in [-0.2, 0) is 15.7 Å². The molecule has 3 N–H and O–H groups in total. The first-order valence-corrected chi connectivity index (χ1v) is 7.12. The summed E-state index contributed by atoms with van der Waals surface area (Å²) in [6.07, 6.45) is -3.95. The van der Waals surface area contributed by atoms with Gasteiger partial charge in [0, 0.05) is 19.6 Å². The number of benzene rings is 1. The molecule has 24 heavy (non-hydrogen) atoms. The van der Waals surface area contributed by atoms with Crippen molar-refractivity contribution in [1.29, 1.82) is 0 Å². The summed E-state index contributed by atoms with van der Waals surface area (Å²) >= 11 is 0. The van der Waals surface area contributed by atoms with Crippen LogP contribution in [0.2, 0.25) is 0 Å². The van der Waals surface area contributed by atoms with Gasteiger partial charge in [-0.3, -0.25) is 4.79 Å². The van der Waals surface area contributed by atoms with Crippen LogP contribution in [0.3, 0.4) is 0 Å². The monoisotopic (exact) mass is 370 g/mol. The van der Waals surface area contributed by atoms with Gasteiger partial charge in [-0.25, -0.2) is 0 Å². The first-order valence-electron chi connectivity index (χ1n) is 7.12. The van der Waals surface area contributed by atoms with Gasteiger partial charge < -0.3 is 20.5 Å². The number of halogens is 4. The third-order valence-corrected chi connectivity index (χ3v) is 2.95. The van der Waals surface area contributed by atoms with E-state index in [-0.39, 0.29) is 49.5 Å². The number of carbonyl (C=O) groups excluding carboxylic acids is 1. The molecule has 0 spiro atoms. The highest BCUT2D eigenvalue weighted by atomic mass is 35.5. The number of methoxy groups -OCH3 is 1. The molecule has 1 amide bonds. The predicted molar refractivity (Wildman–Crippen MR) is 87.6 cm³/mol. The fourth-order valence-electron chi connectivity index (χ4n) is 1.74. The zero-order valence-electron chi connectivity index (χ0n) is 13.5. The Bertz CT molecular complexity index is 525. The number of alkyl halides is 3. The van der Waals surface area contributed by atoms with Crippen molar-refractivity contribution >= 4 is 24.0 Å². The number of nitrogens with one attached hydrogen (secondary N) is 1. The van der Waals surface area contributed by atoms with E-state index in [2.05, 4.69) is 5.32 Å². The molecule has 138 valence electrons. The van der Waals surface area contributed by atoms with E-state index in [4.69, 9.17) is 15.2 Å². The van der Waals surface area contributed by atoms with E-state index >= 15 is 0 Å². The molecule has 1 aromatic carbocycles. The maximum Gasteiger partial charge on any atom is 0.416 e. The third kappa shape index (κ3) is 7.85. The number of anilines is 1. The molecule has 5 nitrogen and oxygen atoms in total. The predicted octanol–water partition coefficient (Wildman–Crippen LogP) is 3.22. The van der Waals surface area contributed by atoms with Crippen LogP contribution in [0.1, 0.15) is 25.3 Å². The van der Waals surface area contributed by atoms with Crippen LogP contribution in [0.25, 0.3) is 0 Å². The molecule has 0 aliphatic rings. The second kappa shape index (κ2) is 10.4. The zero-order valence-corrected chi connectivity index (χ0v) is 14.3. The Balaban J connectivity index is 0.00000529. The smallest absolute Gasteiger partial charge is 0.416 e. The van der Waals surface area contributed by atoms with Crippen LogP contribution < -0.4 is 15.8 Å². The number of carbonyl (C=O) groups is 1. The van der Waals surface area contributed by atoms with Crippen molar-refractivity contribution in [2.45, 2.75) is 32.0 Å². The van der Waals surface area contributed by atoms with Crippen LogP contribution in [0.4, 0.5) is 18.9 Å². The number of rotatable bonds is 8. The molecular weight excluding hydrogens is 349 g/mol. The molecule has 0 bridgehead atoms. The standard InChI is InChI=1S/C15H21F3N2O3.ClH/c1-10(19)3-6-14(21)20-12-9-11(15(16,17)18)4-5-13(12)23-8-7-22-2;/h4-5,9-10H,3,6-8,19H2,1-2H3,(H,20,21);1H. The molecule has 0 aromatic heterocycles. The summed E-state index contributed by atoms with van der Waals surface area (Å²) in [7, 11) is 1.48. The SMILES string of the molecule is COCCOc1ccc(C(F)(F)F)cc1NC(=O)CCC(C)N.Cl. The Kier molecular flexibility index (Phi) is 9.72. The summed E-state index contributed by atoms with van der Waals surface area (Å²) in [6.45, 7) is 2.18. The summed E-state index contributed by atoms with van der Waals surface area (Å²) in [6, 6.07) is 2.77. The molecule has 0 aliphatic heterocycles. The number of hydrogen-bond donors (Lipinski definition) is 2. The Morgan fingerprint density at radius 2 is 2.00 bits per heavy atom. The normalized spacial score (nSPS) is 12.2. The van der Waals surface area contributed by atoms with E-state index < -0.39 is 17.6 Å². The van der Waals surface area contributed by atoms with E-state index in [0.717, 1.165) is 12.1 Å². The molecule has 1 rings (SSSR count). The van der Waals surface area contributed by atoms with E-state index in [1.807, 2.05) is 0 Å². The second-order valence-electron chi connectivity index (χ2n) is 5.11. The minimum atomic E-state index is -4.50. The van der Waals surface area contributed by atoms with Gasteiger partial charge in [-0.1, -0.05) is 0 Å². The summed E-state index contributed by atoms with van der Waals surface area (Å²) in [5.41, 5.74) is 4.67. The lowest BCUT2D eigenvalue weighted by Gasteiger charge is -2.15. The van der Waals surface area contributed by atoms with Crippen molar-refractivity contribution in [2.75, 3.05) is 25.6 Å². The van der Waals surface area contributed by atoms with Gasteiger partial charge in [0.2, 0.25) is 5.91 Å². The van der Waals surface area contributed by atoms with E-state index in [0.29, 0.717) is 6.42 Å². The van der Waals surface area contributed by atoms with Crippen LogP contribution >= 0.6 is 12.4 Å². The molecular formula is C15H22ClF3N2O3. The summed E-state index contributed by atoms with van der Waals surface area (Å²) in [4.78, 5) is 11.8. The minimum absolute atomic E-state index is 0. The fraction of sp³-hybridized carbons (Fsp3) is 0.533. The Labute approximate surface area is 145 Å². The molecule has 1 atom stereocenters. The van der Waals surface area contributed by atoms with Gasteiger partial charge in [0.1, 0.15) is 12.4 Å². The maximum absolute atomic E-state index is 12.8. The van der Waals surface area contributed by atoms with Crippen LogP contribution in [0.5, 0.6) is 5.75 Å². The molecule has 0 aliphatic carbocycles. The van der Waals surface area contributed by atoms with E-state index in [1.165, 1.54) is 13.2 Å². The zero-order chi connectivity index (χ0) is 17.5. The quantitative estimate of drug-likeness (QED) is 0.689. The second-order valence-corrected chi connectivity index (χ2v) is 5.11. The summed E-state index contributed by atoms with van der Waals surface area (Å²) < 4.78 is 48.6. The molecule has 0 radical (unpaired) electrons. The van der Waals surface area contributed by atoms with Crippen LogP contribution in [0.15, 0.2) is 18.2 Å². The maximum atomic E-state index is 12.8. The molecule has 1 aromatic rings. The molecule has 9 heteroatoms. The fourth-order valence-corrected chi connectivity index (χ4v) is 1.74. The molecule has 0 saturated heterocycles. The van der Waals surface area contributed by atoms with Gasteiger partial charge in [0.05, 0.1) is 17.9 Å². The number of amides is 1. The van der Waals surface area contributed by atoms with Crippen molar-refractivity contribution in [3.63, 3.8) is 0 Å². The van der Waals surface area contributed by atoms with Gasteiger partial charge in [0.25, 0.3) is 0 Å². The lowest BCUT2D eigenvalue weighted by molar-refractivity contribution is -0.137. The van der Waals surface area contributed by atoms with Gasteiger partial charge in [-0.2, -0.15) is 13.2 Å². The van der Waals surface area contributed by atoms with Gasteiger partial charge in [0.15, 0.2) is 0 Å². The van der Waals surface area contributed by atoms with Crippen LogP contribution in [-0.4, -0.2) is 32.3 Å². The Morgan fingerprint density at radius 3 is 2.54 bits per heavy atom. The van der Waals surface area contributed by atoms with Gasteiger partial charge >= 0.3 is 6.18 Å². The van der Waals surface area contributed by atoms with Crippen molar-refractivity contribution in [3.05, 3.63) is 23.8 Å². The van der Waals surface area contributed by atoms with Gasteiger partial charge in [-0.05, 0) is 31.5 Å². The topological polar surface area (TPSA) is 73.6 Å². The lowest BCUT2D eigenvalue weighted by Crippen LogP contribution is -2.20. The average molecular weight is 371 g/mol. The molecule has 0 saturated carbocycles. The summed E-state index contributed by atoms with van der Waals surface area (Å²) in [5.74, 6) is -0.262. The van der Waals surface area contributed by atoms with Crippen molar-refractivity contribution in [3.8, 4) is 5.75 Å². The Hall–Kier alpha value is -1.51. The van der Waals surface area contributed by atoms with Crippen molar-refractivity contribution in [1.82, 2.24) is 0 Å². The first-order chi connectivity index (χ1) is 10.7. The summed E-state index contributed by atoms with van der Waals surface area (Å²) in [5, 5.41) is 2.44. The van der Waals surface area contributed by atoms with Crippen LogP contribution in [0, 0.1) is 0 Å². The van der Waals surface area contributed by atoms with Gasteiger partial charge in [-0.15, -0.1) is 12.4 Å². The molecule has 0 fully saturated rings. The molecule has 1 unspecified atom stereocenters. The van der Waals surface area contributed by atoms with E-state index in [1.54, 1.807) is 6.92 Å².